The zero-order valence-corrected chi connectivity index (χ0v) is 19.1. The van der Waals surface area contributed by atoms with Gasteiger partial charge in [0.15, 0.2) is 0 Å². The van der Waals surface area contributed by atoms with Crippen LogP contribution in [0.3, 0.4) is 0 Å². The molecule has 4 aliphatic heterocycles. The number of aromatic nitrogens is 3. The maximum Gasteiger partial charge on any atom is 0.481 e. The molecule has 7 N–H and O–H groups in total. The fourth-order valence-corrected chi connectivity index (χ4v) is 6.26. The molecule has 9 atom stereocenters. The maximum absolute atomic E-state index is 12.2. The van der Waals surface area contributed by atoms with Crippen molar-refractivity contribution in [3.05, 3.63) is 18.6 Å². The van der Waals surface area contributed by atoms with Crippen LogP contribution in [-0.2, 0) is 32.0 Å². The fraction of sp³-hybridized carbons (Fsp3) is 0.625. The average molecular weight is 525 g/mol. The smallest absolute Gasteiger partial charge is 0.390 e. The largest absolute Gasteiger partial charge is 0.481 e. The zero-order valence-electron chi connectivity index (χ0n) is 17.3. The molecular formula is C16H23N4O12P2+. The minimum atomic E-state index is -5.18. The lowest BCUT2D eigenvalue weighted by atomic mass is 10.1. The topological polar surface area (TPSA) is 229 Å². The van der Waals surface area contributed by atoms with Crippen molar-refractivity contribution >= 4 is 32.5 Å². The van der Waals surface area contributed by atoms with Gasteiger partial charge in [-0.25, -0.2) is 13.7 Å². The Hall–Kier alpha value is -1.52. The first-order valence-electron chi connectivity index (χ1n) is 10.1. The van der Waals surface area contributed by atoms with Gasteiger partial charge in [0.1, 0.15) is 36.0 Å². The molecule has 0 amide bonds. The number of anilines is 1. The Morgan fingerprint density at radius 1 is 1.06 bits per heavy atom. The SMILES string of the molecule is Nc1c2ccn3c2nc[n+]1[C@@H]1O[C@H](COP(=O)(O)OP(=O)(O)OC[C@H]2O[C@@H]3C[C@@H]2O)[C@@H](O)[C@H]1O. The summed E-state index contributed by atoms with van der Waals surface area (Å²) >= 11 is 0. The van der Waals surface area contributed by atoms with Crippen molar-refractivity contribution in [3.63, 3.8) is 0 Å². The Morgan fingerprint density at radius 3 is 2.44 bits per heavy atom. The molecule has 0 aromatic carbocycles. The van der Waals surface area contributed by atoms with Crippen molar-refractivity contribution in [3.8, 4) is 0 Å². The molecule has 4 aliphatic rings. The summed E-state index contributed by atoms with van der Waals surface area (Å²) in [6.45, 7) is -1.43. The third-order valence-corrected chi connectivity index (χ3v) is 8.48. The van der Waals surface area contributed by atoms with Gasteiger partial charge in [-0.1, -0.05) is 4.98 Å². The van der Waals surface area contributed by atoms with Crippen LogP contribution in [0.4, 0.5) is 5.82 Å². The number of aliphatic hydroxyl groups is 3. The highest BCUT2D eigenvalue weighted by atomic mass is 31.3. The van der Waals surface area contributed by atoms with Gasteiger partial charge in [0.05, 0.1) is 19.3 Å². The van der Waals surface area contributed by atoms with Crippen LogP contribution in [0.1, 0.15) is 18.9 Å². The van der Waals surface area contributed by atoms with Gasteiger partial charge >= 0.3 is 15.6 Å². The van der Waals surface area contributed by atoms with Crippen molar-refractivity contribution < 1.29 is 61.6 Å². The molecule has 16 nitrogen and oxygen atoms in total. The normalized spacial score (nSPS) is 43.4. The molecule has 2 aromatic rings. The minimum Gasteiger partial charge on any atom is -0.390 e. The van der Waals surface area contributed by atoms with E-state index in [2.05, 4.69) is 13.8 Å². The monoisotopic (exact) mass is 525 g/mol. The van der Waals surface area contributed by atoms with Crippen LogP contribution in [0.25, 0.3) is 11.0 Å². The van der Waals surface area contributed by atoms with Gasteiger partial charge in [-0.15, -0.1) is 0 Å². The van der Waals surface area contributed by atoms with Gasteiger partial charge in [-0.05, 0) is 6.07 Å². The number of aliphatic hydroxyl groups excluding tert-OH is 3. The third kappa shape index (κ3) is 4.30. The lowest BCUT2D eigenvalue weighted by molar-refractivity contribution is -0.754. The maximum atomic E-state index is 12.2. The molecule has 2 unspecified atom stereocenters. The lowest BCUT2D eigenvalue weighted by Gasteiger charge is -2.21. The van der Waals surface area contributed by atoms with Crippen molar-refractivity contribution in [2.45, 2.75) is 49.4 Å². The Bertz CT molecular complexity index is 1190. The van der Waals surface area contributed by atoms with E-state index >= 15 is 0 Å². The summed E-state index contributed by atoms with van der Waals surface area (Å²) in [6, 6.07) is 1.64. The second-order valence-corrected chi connectivity index (χ2v) is 11.1. The fourth-order valence-electron chi connectivity index (χ4n) is 4.17. The number of rotatable bonds is 0. The Balaban J connectivity index is 1.55. The van der Waals surface area contributed by atoms with E-state index < -0.39 is 71.8 Å². The molecule has 0 radical (unpaired) electrons. The number of nitrogen functional groups attached to an aromatic ring is 1. The molecule has 8 bridgehead atoms. The van der Waals surface area contributed by atoms with Gasteiger partial charge in [-0.3, -0.25) is 13.6 Å². The van der Waals surface area contributed by atoms with E-state index in [1.54, 1.807) is 16.8 Å². The van der Waals surface area contributed by atoms with Crippen LogP contribution in [0.15, 0.2) is 18.6 Å². The van der Waals surface area contributed by atoms with Gasteiger partial charge in [0.2, 0.25) is 24.0 Å². The number of phosphoric ester groups is 2. The molecule has 34 heavy (non-hydrogen) atoms. The van der Waals surface area contributed by atoms with Gasteiger partial charge in [-0.2, -0.15) is 4.31 Å². The number of fused-ring (bicyclic) bond motifs is 7. The quantitative estimate of drug-likeness (QED) is 0.169. The summed E-state index contributed by atoms with van der Waals surface area (Å²) in [4.78, 5) is 24.0. The van der Waals surface area contributed by atoms with Gasteiger partial charge < -0.3 is 40.3 Å². The molecule has 2 saturated heterocycles. The number of nitrogens with zero attached hydrogens (tertiary/aromatic N) is 3. The van der Waals surface area contributed by atoms with E-state index in [9.17, 15) is 34.2 Å². The van der Waals surface area contributed by atoms with E-state index in [4.69, 9.17) is 19.7 Å². The molecule has 2 fully saturated rings. The molecule has 18 heteroatoms. The van der Waals surface area contributed by atoms with Crippen LogP contribution in [0, 0.1) is 0 Å². The Kier molecular flexibility index (Phi) is 6.08. The number of ether oxygens (including phenoxy) is 2. The second-order valence-electron chi connectivity index (χ2n) is 8.09. The van der Waals surface area contributed by atoms with Crippen molar-refractivity contribution in [1.82, 2.24) is 9.55 Å². The van der Waals surface area contributed by atoms with Crippen LogP contribution < -0.4 is 10.3 Å². The summed E-state index contributed by atoms with van der Waals surface area (Å²) in [5.41, 5.74) is 6.67. The number of hydrogen-bond acceptors (Lipinski definition) is 12. The number of hydrogen-bond donors (Lipinski definition) is 6. The van der Waals surface area contributed by atoms with Crippen molar-refractivity contribution in [1.29, 1.82) is 0 Å². The number of phosphoric acid groups is 2. The summed E-state index contributed by atoms with van der Waals surface area (Å²) in [7, 11) is -10.3. The summed E-state index contributed by atoms with van der Waals surface area (Å²) in [6.07, 6.45) is -5.58. The summed E-state index contributed by atoms with van der Waals surface area (Å²) in [5, 5.41) is 31.6. The number of nitrogens with two attached hydrogens (primary N) is 1. The lowest BCUT2D eigenvalue weighted by Crippen LogP contribution is -2.48. The van der Waals surface area contributed by atoms with Gasteiger partial charge in [0.25, 0.3) is 0 Å². The van der Waals surface area contributed by atoms with E-state index in [1.165, 1.54) is 10.9 Å². The molecule has 0 spiro atoms. The predicted molar refractivity (Wildman–Crippen MR) is 107 cm³/mol. The first kappa shape index (κ1) is 24.2. The Morgan fingerprint density at radius 2 is 1.74 bits per heavy atom. The van der Waals surface area contributed by atoms with Gasteiger partial charge in [0, 0.05) is 12.6 Å². The third-order valence-electron chi connectivity index (χ3n) is 5.88. The van der Waals surface area contributed by atoms with Crippen molar-refractivity contribution in [2.75, 3.05) is 18.9 Å². The van der Waals surface area contributed by atoms with E-state index in [-0.39, 0.29) is 12.2 Å². The highest BCUT2D eigenvalue weighted by Gasteiger charge is 2.48. The van der Waals surface area contributed by atoms with E-state index in [1.807, 2.05) is 0 Å². The molecule has 188 valence electrons. The summed E-state index contributed by atoms with van der Waals surface area (Å²) < 4.78 is 52.2. The molecule has 0 saturated carbocycles. The average Bonchev–Trinajstić information content (AvgIpc) is 3.42. The molecular weight excluding hydrogens is 502 g/mol. The first-order valence-corrected chi connectivity index (χ1v) is 13.1. The Labute approximate surface area is 191 Å². The van der Waals surface area contributed by atoms with E-state index in [0.717, 1.165) is 0 Å². The standard InChI is InChI=1S/C16H22N4O12P2/c17-14-7-1-2-19-11-3-8(21)9(30-11)4-28-33(24,25)32-34(26,27)29-5-10-12(22)13(23)16(31-10)20(14)6-18-15(7)19/h1-2,6,8-13,16-17,21-23H,3-5H2,(H2,24,25,26,27)/p+1/t8-,9+,10+,11+,12+,13+,16+/m0/s1. The molecule has 6 heterocycles. The van der Waals surface area contributed by atoms with Crippen molar-refractivity contribution in [2.24, 2.45) is 0 Å². The highest BCUT2D eigenvalue weighted by Crippen LogP contribution is 2.60. The molecule has 0 aliphatic carbocycles. The first-order chi connectivity index (χ1) is 16.0. The second kappa shape index (κ2) is 8.55. The van der Waals surface area contributed by atoms with Crippen LogP contribution in [0.2, 0.25) is 0 Å². The predicted octanol–water partition coefficient (Wildman–Crippen LogP) is -1.56. The van der Waals surface area contributed by atoms with Crippen LogP contribution in [-0.4, -0.2) is 78.4 Å². The highest BCUT2D eigenvalue weighted by molar-refractivity contribution is 7.61. The molecule has 2 aromatic heterocycles. The molecule has 6 rings (SSSR count). The summed E-state index contributed by atoms with van der Waals surface area (Å²) in [5.74, 6) is 0.137. The zero-order chi connectivity index (χ0) is 24.4. The van der Waals surface area contributed by atoms with Crippen LogP contribution >= 0.6 is 15.6 Å². The minimum absolute atomic E-state index is 0.0742. The van der Waals surface area contributed by atoms with Crippen LogP contribution in [0.5, 0.6) is 0 Å². The van der Waals surface area contributed by atoms with E-state index in [0.29, 0.717) is 11.0 Å².